The first-order chi connectivity index (χ1) is 8.50. The Morgan fingerprint density at radius 2 is 1.78 bits per heavy atom. The van der Waals surface area contributed by atoms with Crippen LogP contribution >= 0.6 is 11.6 Å². The molecule has 1 aromatic rings. The van der Waals surface area contributed by atoms with Crippen LogP contribution in [-0.4, -0.2) is 31.1 Å². The molecule has 0 aromatic heterocycles. The van der Waals surface area contributed by atoms with E-state index in [-0.39, 0.29) is 0 Å². The molecule has 0 radical (unpaired) electrons. The first-order valence-corrected chi connectivity index (χ1v) is 7.07. The van der Waals surface area contributed by atoms with Gasteiger partial charge < -0.3 is 10.2 Å². The Bertz CT molecular complexity index is 335. The summed E-state index contributed by atoms with van der Waals surface area (Å²) in [4.78, 5) is 2.37. The van der Waals surface area contributed by atoms with Crippen LogP contribution in [0.15, 0.2) is 24.3 Å². The highest BCUT2D eigenvalue weighted by Crippen LogP contribution is 2.15. The van der Waals surface area contributed by atoms with Gasteiger partial charge in [-0.2, -0.15) is 0 Å². The minimum absolute atomic E-state index is 0.381. The van der Waals surface area contributed by atoms with Gasteiger partial charge in [-0.05, 0) is 65.0 Å². The molecule has 0 saturated heterocycles. The lowest BCUT2D eigenvalue weighted by Gasteiger charge is -2.21. The van der Waals surface area contributed by atoms with Crippen molar-refractivity contribution in [1.29, 1.82) is 0 Å². The summed E-state index contributed by atoms with van der Waals surface area (Å²) in [7, 11) is 2.17. The second-order valence-electron chi connectivity index (χ2n) is 5.16. The van der Waals surface area contributed by atoms with E-state index in [0.29, 0.717) is 12.1 Å². The van der Waals surface area contributed by atoms with Gasteiger partial charge in [-0.1, -0.05) is 23.7 Å². The Kier molecular flexibility index (Phi) is 6.69. The Hall–Kier alpha value is -0.570. The average molecular weight is 269 g/mol. The molecule has 3 heteroatoms. The van der Waals surface area contributed by atoms with E-state index in [1.165, 1.54) is 12.0 Å². The molecule has 1 atom stereocenters. The molecular formula is C15H25ClN2. The summed E-state index contributed by atoms with van der Waals surface area (Å²) in [6.07, 6.45) is 1.17. The Labute approximate surface area is 116 Å². The van der Waals surface area contributed by atoms with E-state index in [0.717, 1.165) is 18.1 Å². The smallest absolute Gasteiger partial charge is 0.0406 e. The van der Waals surface area contributed by atoms with Crippen molar-refractivity contribution in [3.05, 3.63) is 34.9 Å². The number of nitrogens with one attached hydrogen (secondary N) is 1. The molecule has 1 rings (SSSR count). The summed E-state index contributed by atoms with van der Waals surface area (Å²) < 4.78 is 0. The Balaban J connectivity index is 2.25. The highest BCUT2D eigenvalue weighted by molar-refractivity contribution is 6.30. The van der Waals surface area contributed by atoms with Crippen molar-refractivity contribution in [3.8, 4) is 0 Å². The fourth-order valence-electron chi connectivity index (χ4n) is 1.77. The van der Waals surface area contributed by atoms with Crippen LogP contribution in [0.3, 0.4) is 0 Å². The fourth-order valence-corrected chi connectivity index (χ4v) is 1.90. The average Bonchev–Trinajstić information content (AvgIpc) is 2.34. The van der Waals surface area contributed by atoms with Crippen molar-refractivity contribution < 1.29 is 0 Å². The molecule has 0 aliphatic carbocycles. The van der Waals surface area contributed by atoms with Crippen molar-refractivity contribution >= 4 is 11.6 Å². The molecule has 0 spiro atoms. The van der Waals surface area contributed by atoms with Crippen LogP contribution in [0, 0.1) is 0 Å². The van der Waals surface area contributed by atoms with Crippen molar-refractivity contribution in [3.63, 3.8) is 0 Å². The van der Waals surface area contributed by atoms with Crippen LogP contribution in [0.5, 0.6) is 0 Å². The van der Waals surface area contributed by atoms with Gasteiger partial charge >= 0.3 is 0 Å². The van der Waals surface area contributed by atoms with E-state index in [1.54, 1.807) is 0 Å². The predicted molar refractivity (Wildman–Crippen MR) is 80.3 cm³/mol. The van der Waals surface area contributed by atoms with Crippen molar-refractivity contribution in [2.45, 2.75) is 39.3 Å². The highest BCUT2D eigenvalue weighted by atomic mass is 35.5. The summed E-state index contributed by atoms with van der Waals surface area (Å²) in [6.45, 7) is 8.82. The van der Waals surface area contributed by atoms with Crippen molar-refractivity contribution in [1.82, 2.24) is 10.2 Å². The molecule has 2 nitrogen and oxygen atoms in total. The number of hydrogen-bond donors (Lipinski definition) is 1. The number of nitrogens with zero attached hydrogens (tertiary/aromatic N) is 1. The second kappa shape index (κ2) is 7.78. The third kappa shape index (κ3) is 5.38. The molecule has 18 heavy (non-hydrogen) atoms. The molecule has 0 aliphatic heterocycles. The summed E-state index contributed by atoms with van der Waals surface area (Å²) in [5.41, 5.74) is 1.29. The molecule has 1 N–H and O–H groups in total. The zero-order chi connectivity index (χ0) is 13.5. The van der Waals surface area contributed by atoms with E-state index in [1.807, 2.05) is 12.1 Å². The first kappa shape index (κ1) is 15.5. The molecule has 0 saturated carbocycles. The lowest BCUT2D eigenvalue weighted by Crippen LogP contribution is -2.30. The van der Waals surface area contributed by atoms with Crippen LogP contribution in [-0.2, 0) is 0 Å². The maximum absolute atomic E-state index is 5.88. The van der Waals surface area contributed by atoms with Gasteiger partial charge in [0.15, 0.2) is 0 Å². The van der Waals surface area contributed by atoms with Gasteiger partial charge in [0.1, 0.15) is 0 Å². The maximum Gasteiger partial charge on any atom is 0.0406 e. The van der Waals surface area contributed by atoms with Gasteiger partial charge in [0, 0.05) is 17.1 Å². The van der Waals surface area contributed by atoms with E-state index >= 15 is 0 Å². The number of rotatable bonds is 7. The summed E-state index contributed by atoms with van der Waals surface area (Å²) >= 11 is 5.88. The predicted octanol–water partition coefficient (Wildman–Crippen LogP) is 3.72. The summed E-state index contributed by atoms with van der Waals surface area (Å²) in [6, 6.07) is 9.06. The van der Waals surface area contributed by atoms with Crippen LogP contribution in [0.25, 0.3) is 0 Å². The summed E-state index contributed by atoms with van der Waals surface area (Å²) in [5, 5.41) is 4.34. The van der Waals surface area contributed by atoms with Gasteiger partial charge in [0.2, 0.25) is 0 Å². The number of halogens is 1. The Morgan fingerprint density at radius 3 is 2.33 bits per heavy atom. The Morgan fingerprint density at radius 1 is 1.17 bits per heavy atom. The van der Waals surface area contributed by atoms with E-state index in [2.05, 4.69) is 50.2 Å². The fraction of sp³-hybridized carbons (Fsp3) is 0.600. The molecule has 0 bridgehead atoms. The molecule has 1 unspecified atom stereocenters. The van der Waals surface area contributed by atoms with Gasteiger partial charge in [0.05, 0.1) is 0 Å². The van der Waals surface area contributed by atoms with Gasteiger partial charge in [-0.3, -0.25) is 0 Å². The maximum atomic E-state index is 5.88. The minimum atomic E-state index is 0.381. The van der Waals surface area contributed by atoms with E-state index in [4.69, 9.17) is 11.6 Å². The zero-order valence-corrected chi connectivity index (χ0v) is 12.7. The van der Waals surface area contributed by atoms with Gasteiger partial charge in [0.25, 0.3) is 0 Å². The number of hydrogen-bond acceptors (Lipinski definition) is 2. The first-order valence-electron chi connectivity index (χ1n) is 6.69. The molecular weight excluding hydrogens is 244 g/mol. The van der Waals surface area contributed by atoms with Crippen molar-refractivity contribution in [2.75, 3.05) is 20.1 Å². The lowest BCUT2D eigenvalue weighted by atomic mass is 10.1. The third-order valence-corrected chi connectivity index (χ3v) is 3.64. The van der Waals surface area contributed by atoms with Crippen molar-refractivity contribution in [2.24, 2.45) is 0 Å². The standard InChI is InChI=1S/C15H25ClN2/c1-12(2)18(4)11-5-10-17-13(3)14-6-8-15(16)9-7-14/h6-9,12-13,17H,5,10-11H2,1-4H3. The van der Waals surface area contributed by atoms with Crippen LogP contribution < -0.4 is 5.32 Å². The molecule has 0 aliphatic rings. The zero-order valence-electron chi connectivity index (χ0n) is 11.9. The molecule has 0 fully saturated rings. The van der Waals surface area contributed by atoms with Crippen LogP contribution in [0.1, 0.15) is 38.8 Å². The highest BCUT2D eigenvalue weighted by Gasteiger charge is 2.05. The quantitative estimate of drug-likeness (QED) is 0.759. The number of benzene rings is 1. The van der Waals surface area contributed by atoms with Gasteiger partial charge in [-0.15, -0.1) is 0 Å². The monoisotopic (exact) mass is 268 g/mol. The molecule has 1 aromatic carbocycles. The largest absolute Gasteiger partial charge is 0.310 e. The van der Waals surface area contributed by atoms with E-state index in [9.17, 15) is 0 Å². The second-order valence-corrected chi connectivity index (χ2v) is 5.59. The van der Waals surface area contributed by atoms with Crippen LogP contribution in [0.2, 0.25) is 5.02 Å². The van der Waals surface area contributed by atoms with Crippen LogP contribution in [0.4, 0.5) is 0 Å². The lowest BCUT2D eigenvalue weighted by molar-refractivity contribution is 0.268. The van der Waals surface area contributed by atoms with E-state index < -0.39 is 0 Å². The molecule has 102 valence electrons. The molecule has 0 heterocycles. The topological polar surface area (TPSA) is 15.3 Å². The van der Waals surface area contributed by atoms with Gasteiger partial charge in [-0.25, -0.2) is 0 Å². The summed E-state index contributed by atoms with van der Waals surface area (Å²) in [5.74, 6) is 0. The third-order valence-electron chi connectivity index (χ3n) is 3.39. The molecule has 0 amide bonds. The normalized spacial score (nSPS) is 13.3. The SMILES string of the molecule is CC(NCCCN(C)C(C)C)c1ccc(Cl)cc1. The minimum Gasteiger partial charge on any atom is -0.310 e.